The van der Waals surface area contributed by atoms with Gasteiger partial charge in [0.1, 0.15) is 5.82 Å². The van der Waals surface area contributed by atoms with E-state index in [-0.39, 0.29) is 27.2 Å². The second kappa shape index (κ2) is 8.23. The van der Waals surface area contributed by atoms with Crippen molar-refractivity contribution in [2.45, 2.75) is 31.8 Å². The lowest BCUT2D eigenvalue weighted by molar-refractivity contribution is 0.244. The molecule has 1 aliphatic heterocycles. The summed E-state index contributed by atoms with van der Waals surface area (Å²) in [5.41, 5.74) is 9.75. The van der Waals surface area contributed by atoms with E-state index in [1.54, 1.807) is 24.4 Å². The number of fused-ring (bicyclic) bond motifs is 2. The molecule has 0 spiro atoms. The minimum Gasteiger partial charge on any atom is -0.384 e. The number of halogens is 2. The third-order valence-electron chi connectivity index (χ3n) is 6.41. The molecule has 0 bridgehead atoms. The van der Waals surface area contributed by atoms with E-state index in [2.05, 4.69) is 37.3 Å². The molecule has 1 saturated carbocycles. The zero-order valence-corrected chi connectivity index (χ0v) is 19.6. The van der Waals surface area contributed by atoms with Crippen molar-refractivity contribution in [3.63, 3.8) is 0 Å². The van der Waals surface area contributed by atoms with Crippen LogP contribution in [-0.4, -0.2) is 37.0 Å². The number of hydrogen-bond acceptors (Lipinski definition) is 7. The molecular weight excluding hydrogens is 473 g/mol. The van der Waals surface area contributed by atoms with Gasteiger partial charge in [0.15, 0.2) is 5.65 Å². The third kappa shape index (κ3) is 3.77. The fourth-order valence-corrected chi connectivity index (χ4v) is 5.09. The fourth-order valence-electron chi connectivity index (χ4n) is 4.52. The number of nitrogens with one attached hydrogen (secondary N) is 1. The Morgan fingerprint density at radius 3 is 2.62 bits per heavy atom. The molecule has 0 unspecified atom stereocenters. The molecule has 2 aromatic heterocycles. The average Bonchev–Trinajstić information content (AvgIpc) is 3.66. The predicted molar refractivity (Wildman–Crippen MR) is 134 cm³/mol. The van der Waals surface area contributed by atoms with Crippen molar-refractivity contribution in [3.05, 3.63) is 74.3 Å². The molecular formula is C24H21Cl2N7O. The van der Waals surface area contributed by atoms with Crippen LogP contribution in [0, 0.1) is 0 Å². The molecule has 2 aliphatic rings. The van der Waals surface area contributed by atoms with E-state index < -0.39 is 5.69 Å². The first-order valence-electron chi connectivity index (χ1n) is 11.1. The van der Waals surface area contributed by atoms with Gasteiger partial charge in [-0.2, -0.15) is 9.97 Å². The van der Waals surface area contributed by atoms with Gasteiger partial charge >= 0.3 is 5.69 Å². The van der Waals surface area contributed by atoms with Gasteiger partial charge < -0.3 is 11.1 Å². The molecule has 10 heteroatoms. The molecule has 2 aromatic carbocycles. The summed E-state index contributed by atoms with van der Waals surface area (Å²) in [6.07, 6.45) is 5.22. The molecule has 172 valence electrons. The van der Waals surface area contributed by atoms with Gasteiger partial charge in [-0.15, -0.1) is 0 Å². The SMILES string of the molecule is Nc1c2cnc(Nc3ccc4c(c3)CN(C3CC3)CC4)nc2nc(=O)n1-c1c(Cl)cccc1Cl. The van der Waals surface area contributed by atoms with E-state index in [0.717, 1.165) is 31.2 Å². The van der Waals surface area contributed by atoms with Gasteiger partial charge in [-0.25, -0.2) is 14.3 Å². The maximum absolute atomic E-state index is 12.8. The van der Waals surface area contributed by atoms with Crippen molar-refractivity contribution in [2.75, 3.05) is 17.6 Å². The molecule has 0 atom stereocenters. The van der Waals surface area contributed by atoms with Gasteiger partial charge in [-0.1, -0.05) is 35.3 Å². The van der Waals surface area contributed by atoms with Crippen LogP contribution in [-0.2, 0) is 13.0 Å². The zero-order chi connectivity index (χ0) is 23.4. The Bertz CT molecular complexity index is 1480. The molecule has 0 saturated heterocycles. The van der Waals surface area contributed by atoms with Gasteiger partial charge in [0, 0.05) is 31.0 Å². The Morgan fingerprint density at radius 2 is 1.85 bits per heavy atom. The Balaban J connectivity index is 1.33. The number of nitrogens with two attached hydrogens (primary N) is 1. The topological polar surface area (TPSA) is 102 Å². The second-order valence-corrected chi connectivity index (χ2v) is 9.49. The molecule has 6 rings (SSSR count). The smallest absolute Gasteiger partial charge is 0.355 e. The quantitative estimate of drug-likeness (QED) is 0.436. The van der Waals surface area contributed by atoms with Crippen LogP contribution in [0.25, 0.3) is 16.7 Å². The molecule has 1 aliphatic carbocycles. The maximum atomic E-state index is 12.8. The summed E-state index contributed by atoms with van der Waals surface area (Å²) in [5.74, 6) is 0.452. The number of rotatable bonds is 4. The average molecular weight is 494 g/mol. The number of nitrogens with zero attached hydrogens (tertiary/aromatic N) is 5. The van der Waals surface area contributed by atoms with Gasteiger partial charge in [-0.3, -0.25) is 4.90 Å². The Morgan fingerprint density at radius 1 is 1.06 bits per heavy atom. The molecule has 8 nitrogen and oxygen atoms in total. The summed E-state index contributed by atoms with van der Waals surface area (Å²) in [5, 5.41) is 4.23. The molecule has 0 radical (unpaired) electrons. The zero-order valence-electron chi connectivity index (χ0n) is 18.1. The van der Waals surface area contributed by atoms with Crippen LogP contribution < -0.4 is 16.7 Å². The highest BCUT2D eigenvalue weighted by Gasteiger charge is 2.31. The Hall–Kier alpha value is -3.20. The first-order valence-corrected chi connectivity index (χ1v) is 11.9. The first-order chi connectivity index (χ1) is 16.5. The van der Waals surface area contributed by atoms with Crippen molar-refractivity contribution >= 4 is 51.7 Å². The number of benzene rings is 2. The molecule has 34 heavy (non-hydrogen) atoms. The summed E-state index contributed by atoms with van der Waals surface area (Å²) in [4.78, 5) is 28.4. The van der Waals surface area contributed by atoms with E-state index in [1.165, 1.54) is 28.5 Å². The van der Waals surface area contributed by atoms with Crippen LogP contribution in [0.1, 0.15) is 24.0 Å². The Labute approximate surface area is 205 Å². The number of aromatic nitrogens is 4. The summed E-state index contributed by atoms with van der Waals surface area (Å²) in [6.45, 7) is 2.10. The summed E-state index contributed by atoms with van der Waals surface area (Å²) in [6, 6.07) is 12.0. The predicted octanol–water partition coefficient (Wildman–Crippen LogP) is 4.33. The highest BCUT2D eigenvalue weighted by molar-refractivity contribution is 6.37. The molecule has 3 heterocycles. The van der Waals surface area contributed by atoms with Gasteiger partial charge in [0.05, 0.1) is 21.1 Å². The summed E-state index contributed by atoms with van der Waals surface area (Å²) < 4.78 is 1.18. The standard InChI is InChI=1S/C24H21Cl2N7O/c25-18-2-1-3-19(26)20(18)33-21(27)17-11-28-23(30-22(17)31-24(33)34)29-15-5-4-13-8-9-32(16-6-7-16)12-14(13)10-15/h1-5,10-11,16H,6-9,12,27H2,(H,29,30,31,34). The number of para-hydroxylation sites is 1. The van der Waals surface area contributed by atoms with E-state index in [0.29, 0.717) is 11.3 Å². The van der Waals surface area contributed by atoms with Crippen molar-refractivity contribution in [3.8, 4) is 5.69 Å². The van der Waals surface area contributed by atoms with Gasteiger partial charge in [0.2, 0.25) is 5.95 Å². The Kier molecular flexibility index (Phi) is 5.17. The van der Waals surface area contributed by atoms with Crippen LogP contribution in [0.2, 0.25) is 10.0 Å². The van der Waals surface area contributed by atoms with Crippen molar-refractivity contribution < 1.29 is 0 Å². The number of nitrogen functional groups attached to an aromatic ring is 1. The van der Waals surface area contributed by atoms with E-state index >= 15 is 0 Å². The molecule has 1 fully saturated rings. The van der Waals surface area contributed by atoms with Crippen LogP contribution in [0.15, 0.2) is 47.4 Å². The van der Waals surface area contributed by atoms with Gasteiger partial charge in [-0.05, 0) is 54.7 Å². The summed E-state index contributed by atoms with van der Waals surface area (Å²) in [7, 11) is 0. The van der Waals surface area contributed by atoms with Crippen LogP contribution >= 0.6 is 23.2 Å². The van der Waals surface area contributed by atoms with E-state index in [4.69, 9.17) is 28.9 Å². The van der Waals surface area contributed by atoms with Crippen LogP contribution in [0.3, 0.4) is 0 Å². The largest absolute Gasteiger partial charge is 0.384 e. The third-order valence-corrected chi connectivity index (χ3v) is 7.02. The monoisotopic (exact) mass is 493 g/mol. The van der Waals surface area contributed by atoms with E-state index in [1.807, 2.05) is 6.07 Å². The lowest BCUT2D eigenvalue weighted by atomic mass is 9.99. The highest BCUT2D eigenvalue weighted by Crippen LogP contribution is 2.33. The minimum absolute atomic E-state index is 0.116. The van der Waals surface area contributed by atoms with E-state index in [9.17, 15) is 4.79 Å². The fraction of sp³-hybridized carbons (Fsp3) is 0.250. The van der Waals surface area contributed by atoms with Crippen molar-refractivity contribution in [2.24, 2.45) is 0 Å². The van der Waals surface area contributed by atoms with Gasteiger partial charge in [0.25, 0.3) is 0 Å². The maximum Gasteiger partial charge on any atom is 0.355 e. The highest BCUT2D eigenvalue weighted by atomic mass is 35.5. The molecule has 3 N–H and O–H groups in total. The lowest BCUT2D eigenvalue weighted by Gasteiger charge is -2.29. The van der Waals surface area contributed by atoms with Crippen molar-refractivity contribution in [1.29, 1.82) is 0 Å². The second-order valence-electron chi connectivity index (χ2n) is 8.68. The molecule has 4 aromatic rings. The van der Waals surface area contributed by atoms with Crippen molar-refractivity contribution in [1.82, 2.24) is 24.4 Å². The number of anilines is 3. The summed E-state index contributed by atoms with van der Waals surface area (Å²) >= 11 is 12.6. The molecule has 0 amide bonds. The lowest BCUT2D eigenvalue weighted by Crippen LogP contribution is -2.32. The van der Waals surface area contributed by atoms with Crippen LogP contribution in [0.4, 0.5) is 17.5 Å². The first kappa shape index (κ1) is 21.3. The normalized spacial score (nSPS) is 15.9. The number of hydrogen-bond donors (Lipinski definition) is 2. The minimum atomic E-state index is -0.626. The van der Waals surface area contributed by atoms with Crippen LogP contribution in [0.5, 0.6) is 0 Å².